The highest BCUT2D eigenvalue weighted by atomic mass is 16.5. The number of hydrogen-bond donors (Lipinski definition) is 2. The van der Waals surface area contributed by atoms with Crippen molar-refractivity contribution < 1.29 is 9.84 Å². The SMILES string of the molecule is COc1ccc(O)c(CNCc2ccccc2)c1. The normalized spacial score (nSPS) is 10.3. The van der Waals surface area contributed by atoms with Crippen molar-refractivity contribution in [1.29, 1.82) is 0 Å². The third-order valence-electron chi connectivity index (χ3n) is 2.77. The maximum absolute atomic E-state index is 9.73. The van der Waals surface area contributed by atoms with E-state index in [4.69, 9.17) is 4.74 Å². The van der Waals surface area contributed by atoms with Crippen molar-refractivity contribution in [2.45, 2.75) is 13.1 Å². The molecule has 0 radical (unpaired) electrons. The molecule has 2 aromatic carbocycles. The summed E-state index contributed by atoms with van der Waals surface area (Å²) in [7, 11) is 1.62. The Kier molecular flexibility index (Phi) is 4.20. The number of hydrogen-bond acceptors (Lipinski definition) is 3. The van der Waals surface area contributed by atoms with Crippen molar-refractivity contribution in [3.8, 4) is 11.5 Å². The Labute approximate surface area is 107 Å². The van der Waals surface area contributed by atoms with Crippen molar-refractivity contribution in [3.05, 3.63) is 59.7 Å². The third-order valence-corrected chi connectivity index (χ3v) is 2.77. The van der Waals surface area contributed by atoms with Gasteiger partial charge in [0.25, 0.3) is 0 Å². The van der Waals surface area contributed by atoms with Crippen LogP contribution in [0.5, 0.6) is 11.5 Å². The van der Waals surface area contributed by atoms with Crippen molar-refractivity contribution >= 4 is 0 Å². The van der Waals surface area contributed by atoms with E-state index in [0.29, 0.717) is 6.54 Å². The minimum absolute atomic E-state index is 0.288. The first kappa shape index (κ1) is 12.5. The number of ether oxygens (including phenoxy) is 1. The van der Waals surface area contributed by atoms with Crippen LogP contribution in [0.4, 0.5) is 0 Å². The first-order valence-electron chi connectivity index (χ1n) is 5.90. The Bertz CT molecular complexity index is 497. The van der Waals surface area contributed by atoms with Gasteiger partial charge in [0.05, 0.1) is 7.11 Å². The topological polar surface area (TPSA) is 41.5 Å². The van der Waals surface area contributed by atoms with Crippen LogP contribution in [-0.2, 0) is 13.1 Å². The fraction of sp³-hybridized carbons (Fsp3) is 0.200. The van der Waals surface area contributed by atoms with E-state index in [-0.39, 0.29) is 5.75 Å². The molecule has 2 aromatic rings. The number of aromatic hydroxyl groups is 1. The average molecular weight is 243 g/mol. The van der Waals surface area contributed by atoms with Gasteiger partial charge in [0.1, 0.15) is 11.5 Å². The first-order chi connectivity index (χ1) is 8.79. The van der Waals surface area contributed by atoms with Gasteiger partial charge in [-0.25, -0.2) is 0 Å². The molecule has 0 aliphatic carbocycles. The summed E-state index contributed by atoms with van der Waals surface area (Å²) in [6.07, 6.45) is 0. The van der Waals surface area contributed by atoms with Crippen LogP contribution in [0.1, 0.15) is 11.1 Å². The Morgan fingerprint density at radius 1 is 1.06 bits per heavy atom. The molecule has 0 fully saturated rings. The summed E-state index contributed by atoms with van der Waals surface area (Å²) in [6.45, 7) is 1.38. The minimum Gasteiger partial charge on any atom is -0.508 e. The highest BCUT2D eigenvalue weighted by molar-refractivity contribution is 5.39. The van der Waals surface area contributed by atoms with Gasteiger partial charge in [-0.05, 0) is 23.8 Å². The van der Waals surface area contributed by atoms with Crippen LogP contribution in [0.2, 0.25) is 0 Å². The second-order valence-electron chi connectivity index (χ2n) is 4.08. The summed E-state index contributed by atoms with van der Waals surface area (Å²) in [5.41, 5.74) is 2.06. The van der Waals surface area contributed by atoms with E-state index in [2.05, 4.69) is 17.4 Å². The van der Waals surface area contributed by atoms with E-state index in [1.54, 1.807) is 19.2 Å². The van der Waals surface area contributed by atoms with Crippen molar-refractivity contribution in [2.24, 2.45) is 0 Å². The summed E-state index contributed by atoms with van der Waals surface area (Å²) < 4.78 is 5.14. The van der Waals surface area contributed by atoms with Crippen molar-refractivity contribution in [3.63, 3.8) is 0 Å². The monoisotopic (exact) mass is 243 g/mol. The predicted molar refractivity (Wildman–Crippen MR) is 71.6 cm³/mol. The lowest BCUT2D eigenvalue weighted by molar-refractivity contribution is 0.410. The molecule has 2 N–H and O–H groups in total. The molecule has 0 atom stereocenters. The Morgan fingerprint density at radius 3 is 2.56 bits per heavy atom. The van der Waals surface area contributed by atoms with Crippen LogP contribution in [0.15, 0.2) is 48.5 Å². The van der Waals surface area contributed by atoms with Crippen molar-refractivity contribution in [1.82, 2.24) is 5.32 Å². The molecule has 0 saturated carbocycles. The molecule has 18 heavy (non-hydrogen) atoms. The molecule has 3 heteroatoms. The lowest BCUT2D eigenvalue weighted by Crippen LogP contribution is -2.12. The number of methoxy groups -OCH3 is 1. The van der Waals surface area contributed by atoms with Gasteiger partial charge < -0.3 is 15.2 Å². The number of benzene rings is 2. The molecule has 0 unspecified atom stereocenters. The number of phenols is 1. The van der Waals surface area contributed by atoms with Gasteiger partial charge in [-0.2, -0.15) is 0 Å². The van der Waals surface area contributed by atoms with Gasteiger partial charge in [0.15, 0.2) is 0 Å². The van der Waals surface area contributed by atoms with Gasteiger partial charge >= 0.3 is 0 Å². The zero-order valence-corrected chi connectivity index (χ0v) is 10.4. The molecule has 2 rings (SSSR count). The number of phenolic OH excluding ortho intramolecular Hbond substituents is 1. The molecule has 0 saturated heterocycles. The van der Waals surface area contributed by atoms with Gasteiger partial charge in [-0.15, -0.1) is 0 Å². The Morgan fingerprint density at radius 2 is 1.83 bits per heavy atom. The largest absolute Gasteiger partial charge is 0.508 e. The van der Waals surface area contributed by atoms with E-state index >= 15 is 0 Å². The van der Waals surface area contributed by atoms with Gasteiger partial charge in [-0.3, -0.25) is 0 Å². The van der Waals surface area contributed by atoms with Gasteiger partial charge in [-0.1, -0.05) is 30.3 Å². The van der Waals surface area contributed by atoms with E-state index in [1.165, 1.54) is 5.56 Å². The Hall–Kier alpha value is -2.00. The average Bonchev–Trinajstić information content (AvgIpc) is 2.42. The lowest BCUT2D eigenvalue weighted by Gasteiger charge is -2.08. The van der Waals surface area contributed by atoms with Crippen molar-refractivity contribution in [2.75, 3.05) is 7.11 Å². The number of nitrogens with one attached hydrogen (secondary N) is 1. The molecule has 0 spiro atoms. The minimum atomic E-state index is 0.288. The fourth-order valence-electron chi connectivity index (χ4n) is 1.77. The quantitative estimate of drug-likeness (QED) is 0.848. The van der Waals surface area contributed by atoms with E-state index in [9.17, 15) is 5.11 Å². The summed E-state index contributed by atoms with van der Waals surface area (Å²) in [4.78, 5) is 0. The molecule has 0 aromatic heterocycles. The molecule has 3 nitrogen and oxygen atoms in total. The summed E-state index contributed by atoms with van der Waals surface area (Å²) in [6, 6.07) is 15.4. The molecule has 0 heterocycles. The van der Waals surface area contributed by atoms with E-state index in [1.807, 2.05) is 24.3 Å². The number of rotatable bonds is 5. The second kappa shape index (κ2) is 6.07. The first-order valence-corrected chi connectivity index (χ1v) is 5.90. The van der Waals surface area contributed by atoms with Crippen LogP contribution >= 0.6 is 0 Å². The van der Waals surface area contributed by atoms with Crippen LogP contribution in [0.25, 0.3) is 0 Å². The van der Waals surface area contributed by atoms with Crippen LogP contribution in [-0.4, -0.2) is 12.2 Å². The summed E-state index contributed by atoms with van der Waals surface area (Å²) in [5, 5.41) is 13.0. The fourth-order valence-corrected chi connectivity index (χ4v) is 1.77. The van der Waals surface area contributed by atoms with Crippen LogP contribution in [0, 0.1) is 0 Å². The zero-order valence-electron chi connectivity index (χ0n) is 10.4. The molecule has 0 aliphatic heterocycles. The lowest BCUT2D eigenvalue weighted by atomic mass is 10.1. The molecule has 0 bridgehead atoms. The smallest absolute Gasteiger partial charge is 0.120 e. The second-order valence-corrected chi connectivity index (χ2v) is 4.08. The predicted octanol–water partition coefficient (Wildman–Crippen LogP) is 2.69. The highest BCUT2D eigenvalue weighted by Gasteiger charge is 2.02. The molecule has 94 valence electrons. The summed E-state index contributed by atoms with van der Waals surface area (Å²) in [5.74, 6) is 1.04. The summed E-state index contributed by atoms with van der Waals surface area (Å²) >= 11 is 0. The van der Waals surface area contributed by atoms with Crippen LogP contribution < -0.4 is 10.1 Å². The maximum atomic E-state index is 9.73. The Balaban J connectivity index is 1.94. The van der Waals surface area contributed by atoms with E-state index < -0.39 is 0 Å². The van der Waals surface area contributed by atoms with Crippen LogP contribution in [0.3, 0.4) is 0 Å². The standard InChI is InChI=1S/C15H17NO2/c1-18-14-7-8-15(17)13(9-14)11-16-10-12-5-3-2-4-6-12/h2-9,16-17H,10-11H2,1H3. The molecule has 0 amide bonds. The zero-order chi connectivity index (χ0) is 12.8. The molecular formula is C15H17NO2. The van der Waals surface area contributed by atoms with E-state index in [0.717, 1.165) is 17.9 Å². The molecular weight excluding hydrogens is 226 g/mol. The highest BCUT2D eigenvalue weighted by Crippen LogP contribution is 2.22. The third kappa shape index (κ3) is 3.25. The van der Waals surface area contributed by atoms with Gasteiger partial charge in [0.2, 0.25) is 0 Å². The maximum Gasteiger partial charge on any atom is 0.120 e. The molecule has 0 aliphatic rings. The van der Waals surface area contributed by atoms with Gasteiger partial charge in [0, 0.05) is 18.7 Å².